The molecule has 0 fully saturated rings. The average molecular weight is 304 g/mol. The minimum Gasteiger partial charge on any atom is -0.355 e. The molecule has 0 aliphatic carbocycles. The number of benzene rings is 1. The molecule has 0 saturated heterocycles. The molecule has 0 bridgehead atoms. The van der Waals surface area contributed by atoms with Gasteiger partial charge in [0.05, 0.1) is 0 Å². The van der Waals surface area contributed by atoms with Crippen LogP contribution in [0.1, 0.15) is 23.7 Å². The van der Waals surface area contributed by atoms with Crippen molar-refractivity contribution in [1.82, 2.24) is 10.3 Å². The first-order valence-electron chi connectivity index (χ1n) is 7.23. The predicted molar refractivity (Wildman–Crippen MR) is 89.9 cm³/mol. The van der Waals surface area contributed by atoms with Gasteiger partial charge in [0.15, 0.2) is 0 Å². The molecule has 21 heavy (non-hydrogen) atoms. The molecule has 2 rings (SSSR count). The van der Waals surface area contributed by atoms with E-state index in [0.717, 1.165) is 36.2 Å². The summed E-state index contributed by atoms with van der Waals surface area (Å²) in [5.74, 6) is 0.989. The number of halogens is 1. The van der Waals surface area contributed by atoms with E-state index >= 15 is 0 Å². The van der Waals surface area contributed by atoms with E-state index in [0.29, 0.717) is 0 Å². The van der Waals surface area contributed by atoms with Gasteiger partial charge in [0.1, 0.15) is 5.82 Å². The highest BCUT2D eigenvalue weighted by molar-refractivity contribution is 6.30. The third-order valence-corrected chi connectivity index (χ3v) is 3.72. The van der Waals surface area contributed by atoms with E-state index in [2.05, 4.69) is 43.2 Å². The summed E-state index contributed by atoms with van der Waals surface area (Å²) in [6.45, 7) is 6.83. The largest absolute Gasteiger partial charge is 0.355 e. The van der Waals surface area contributed by atoms with Crippen LogP contribution in [0.15, 0.2) is 36.4 Å². The zero-order chi connectivity index (χ0) is 15.2. The second kappa shape index (κ2) is 7.43. The summed E-state index contributed by atoms with van der Waals surface area (Å²) in [5.41, 5.74) is 3.55. The average Bonchev–Trinajstić information content (AvgIpc) is 2.48. The van der Waals surface area contributed by atoms with Gasteiger partial charge < -0.3 is 10.2 Å². The van der Waals surface area contributed by atoms with Gasteiger partial charge >= 0.3 is 0 Å². The van der Waals surface area contributed by atoms with Crippen LogP contribution in [0.3, 0.4) is 0 Å². The number of hydrogen-bond acceptors (Lipinski definition) is 3. The Balaban J connectivity index is 2.06. The van der Waals surface area contributed by atoms with Gasteiger partial charge in [-0.1, -0.05) is 36.7 Å². The molecular formula is C17H22ClN3. The summed E-state index contributed by atoms with van der Waals surface area (Å²) in [6.07, 6.45) is 0. The molecule has 0 atom stereocenters. The molecule has 0 unspecified atom stereocenters. The lowest BCUT2D eigenvalue weighted by atomic mass is 10.2. The number of anilines is 1. The molecule has 1 aromatic heterocycles. The molecule has 112 valence electrons. The first-order valence-corrected chi connectivity index (χ1v) is 7.60. The molecule has 0 spiro atoms. The summed E-state index contributed by atoms with van der Waals surface area (Å²) < 4.78 is 0. The van der Waals surface area contributed by atoms with Gasteiger partial charge in [-0.15, -0.1) is 0 Å². The van der Waals surface area contributed by atoms with E-state index in [1.165, 1.54) is 11.1 Å². The van der Waals surface area contributed by atoms with Gasteiger partial charge in [0.25, 0.3) is 0 Å². The Morgan fingerprint density at radius 2 is 1.86 bits per heavy atom. The van der Waals surface area contributed by atoms with Crippen molar-refractivity contribution < 1.29 is 0 Å². The lowest BCUT2D eigenvalue weighted by molar-refractivity contribution is 0.719. The van der Waals surface area contributed by atoms with E-state index in [4.69, 9.17) is 16.6 Å². The van der Waals surface area contributed by atoms with Gasteiger partial charge in [-0.3, -0.25) is 0 Å². The van der Waals surface area contributed by atoms with Crippen LogP contribution in [-0.2, 0) is 13.1 Å². The van der Waals surface area contributed by atoms with Crippen molar-refractivity contribution in [2.45, 2.75) is 26.9 Å². The third-order valence-electron chi connectivity index (χ3n) is 3.47. The molecule has 0 aliphatic heterocycles. The lowest BCUT2D eigenvalue weighted by Gasteiger charge is -2.19. The van der Waals surface area contributed by atoms with Crippen LogP contribution in [-0.4, -0.2) is 18.6 Å². The third kappa shape index (κ3) is 4.45. The van der Waals surface area contributed by atoms with Crippen LogP contribution >= 0.6 is 11.6 Å². The highest BCUT2D eigenvalue weighted by atomic mass is 35.5. The Bertz CT molecular complexity index is 581. The molecule has 2 aromatic rings. The number of hydrogen-bond donors (Lipinski definition) is 1. The van der Waals surface area contributed by atoms with Crippen LogP contribution in [0.2, 0.25) is 5.02 Å². The first-order chi connectivity index (χ1) is 10.1. The summed E-state index contributed by atoms with van der Waals surface area (Å²) >= 11 is 5.91. The molecule has 1 aromatic carbocycles. The fourth-order valence-electron chi connectivity index (χ4n) is 2.18. The summed E-state index contributed by atoms with van der Waals surface area (Å²) in [7, 11) is 2.06. The smallest absolute Gasteiger partial charge is 0.128 e. The first kappa shape index (κ1) is 15.8. The fourth-order valence-corrected chi connectivity index (χ4v) is 2.31. The maximum Gasteiger partial charge on any atom is 0.128 e. The van der Waals surface area contributed by atoms with Crippen molar-refractivity contribution in [2.75, 3.05) is 18.5 Å². The highest BCUT2D eigenvalue weighted by Crippen LogP contribution is 2.17. The maximum absolute atomic E-state index is 5.91. The van der Waals surface area contributed by atoms with Crippen molar-refractivity contribution in [1.29, 1.82) is 0 Å². The van der Waals surface area contributed by atoms with E-state index in [1.807, 2.05) is 24.3 Å². The molecule has 0 aliphatic rings. The number of rotatable bonds is 6. The van der Waals surface area contributed by atoms with E-state index in [9.17, 15) is 0 Å². The lowest BCUT2D eigenvalue weighted by Crippen LogP contribution is -2.19. The summed E-state index contributed by atoms with van der Waals surface area (Å²) in [4.78, 5) is 6.85. The van der Waals surface area contributed by atoms with E-state index < -0.39 is 0 Å². The van der Waals surface area contributed by atoms with Gasteiger partial charge in [-0.05, 0) is 42.8 Å². The monoisotopic (exact) mass is 303 g/mol. The molecule has 1 N–H and O–H groups in total. The Morgan fingerprint density at radius 3 is 2.48 bits per heavy atom. The summed E-state index contributed by atoms with van der Waals surface area (Å²) in [6, 6.07) is 12.2. The molecule has 3 nitrogen and oxygen atoms in total. The molecule has 4 heteroatoms. The predicted octanol–water partition coefficient (Wildman–Crippen LogP) is 3.79. The minimum absolute atomic E-state index is 0.767. The number of aryl methyl sites for hydroxylation is 1. The second-order valence-corrected chi connectivity index (χ2v) is 5.61. The van der Waals surface area contributed by atoms with Crippen molar-refractivity contribution in [3.8, 4) is 0 Å². The van der Waals surface area contributed by atoms with Gasteiger partial charge in [-0.25, -0.2) is 4.98 Å². The van der Waals surface area contributed by atoms with Gasteiger partial charge in [0.2, 0.25) is 0 Å². The topological polar surface area (TPSA) is 28.2 Å². The van der Waals surface area contributed by atoms with Crippen LogP contribution < -0.4 is 10.2 Å². The van der Waals surface area contributed by atoms with E-state index in [-0.39, 0.29) is 0 Å². The Kier molecular flexibility index (Phi) is 5.59. The Hall–Kier alpha value is -1.58. The molecular weight excluding hydrogens is 282 g/mol. The van der Waals surface area contributed by atoms with Gasteiger partial charge in [-0.2, -0.15) is 0 Å². The van der Waals surface area contributed by atoms with Crippen molar-refractivity contribution in [3.05, 3.63) is 58.2 Å². The van der Waals surface area contributed by atoms with Crippen LogP contribution in [0, 0.1) is 6.92 Å². The molecule has 0 amide bonds. The fraction of sp³-hybridized carbons (Fsp3) is 0.353. The van der Waals surface area contributed by atoms with Crippen LogP contribution in [0.4, 0.5) is 5.82 Å². The number of nitrogens with zero attached hydrogens (tertiary/aromatic N) is 2. The quantitative estimate of drug-likeness (QED) is 0.880. The highest BCUT2D eigenvalue weighted by Gasteiger charge is 2.06. The summed E-state index contributed by atoms with van der Waals surface area (Å²) in [5, 5.41) is 4.10. The number of aromatic nitrogens is 1. The molecule has 0 radical (unpaired) electrons. The Morgan fingerprint density at radius 1 is 1.14 bits per heavy atom. The minimum atomic E-state index is 0.767. The Labute approximate surface area is 132 Å². The SMILES string of the molecule is CCNCc1ccc(N(C)Cc2ccc(Cl)cc2)nc1C. The maximum atomic E-state index is 5.91. The number of pyridine rings is 1. The zero-order valence-electron chi connectivity index (χ0n) is 12.9. The van der Waals surface area contributed by atoms with Gasteiger partial charge in [0, 0.05) is 30.9 Å². The van der Waals surface area contributed by atoms with Crippen LogP contribution in [0.25, 0.3) is 0 Å². The zero-order valence-corrected chi connectivity index (χ0v) is 13.6. The standard InChI is InChI=1S/C17H22ClN3/c1-4-19-11-15-7-10-17(20-13(15)2)21(3)12-14-5-8-16(18)9-6-14/h5-10,19H,4,11-12H2,1-3H3. The van der Waals surface area contributed by atoms with Crippen molar-refractivity contribution in [3.63, 3.8) is 0 Å². The van der Waals surface area contributed by atoms with E-state index in [1.54, 1.807) is 0 Å². The van der Waals surface area contributed by atoms with Crippen molar-refractivity contribution >= 4 is 17.4 Å². The molecule has 1 heterocycles. The normalized spacial score (nSPS) is 10.7. The number of nitrogens with one attached hydrogen (secondary N) is 1. The second-order valence-electron chi connectivity index (χ2n) is 5.18. The molecule has 0 saturated carbocycles. The van der Waals surface area contributed by atoms with Crippen LogP contribution in [0.5, 0.6) is 0 Å². The van der Waals surface area contributed by atoms with Crippen molar-refractivity contribution in [2.24, 2.45) is 0 Å².